The first-order valence-corrected chi connectivity index (χ1v) is 8.27. The van der Waals surface area contributed by atoms with Crippen molar-refractivity contribution in [2.45, 2.75) is 25.4 Å². The minimum atomic E-state index is -2.91. The van der Waals surface area contributed by atoms with E-state index in [1.807, 2.05) is 7.05 Å². The fraction of sp³-hybridized carbons (Fsp3) is 0.667. The average Bonchev–Trinajstić information content (AvgIpc) is 2.78. The van der Waals surface area contributed by atoms with Gasteiger partial charge in [0, 0.05) is 24.9 Å². The molecule has 0 aliphatic carbocycles. The molecule has 0 radical (unpaired) electrons. The maximum Gasteiger partial charge on any atom is 0.151 e. The summed E-state index contributed by atoms with van der Waals surface area (Å²) in [5, 5.41) is 3.06. The van der Waals surface area contributed by atoms with Gasteiger partial charge >= 0.3 is 0 Å². The summed E-state index contributed by atoms with van der Waals surface area (Å²) in [6, 6.07) is 0. The molecule has 19 heavy (non-hydrogen) atoms. The van der Waals surface area contributed by atoms with Crippen molar-refractivity contribution in [3.05, 3.63) is 17.1 Å². The Labute approximate surface area is 112 Å². The van der Waals surface area contributed by atoms with Gasteiger partial charge in [0.1, 0.15) is 11.6 Å². The predicted molar refractivity (Wildman–Crippen MR) is 71.0 cm³/mol. The number of sulfone groups is 1. The van der Waals surface area contributed by atoms with Crippen LogP contribution < -0.4 is 5.32 Å². The van der Waals surface area contributed by atoms with Crippen LogP contribution in [0, 0.1) is 0 Å². The van der Waals surface area contributed by atoms with Crippen molar-refractivity contribution in [3.8, 4) is 0 Å². The molecule has 2 aliphatic rings. The SMILES string of the molecule is CNc1nc(C2CCS(=O)(=O)C2)nc2c1COCC2. The monoisotopic (exact) mass is 283 g/mol. The highest BCUT2D eigenvalue weighted by molar-refractivity contribution is 7.91. The summed E-state index contributed by atoms with van der Waals surface area (Å²) in [4.78, 5) is 9.06. The topological polar surface area (TPSA) is 81.2 Å². The summed E-state index contributed by atoms with van der Waals surface area (Å²) < 4.78 is 28.6. The van der Waals surface area contributed by atoms with E-state index in [1.54, 1.807) is 0 Å². The lowest BCUT2D eigenvalue weighted by molar-refractivity contribution is 0.109. The van der Waals surface area contributed by atoms with Crippen molar-refractivity contribution in [2.24, 2.45) is 0 Å². The van der Waals surface area contributed by atoms with Crippen molar-refractivity contribution in [2.75, 3.05) is 30.5 Å². The standard InChI is InChI=1S/C12H17N3O3S/c1-13-12-9-6-18-4-2-10(9)14-11(15-12)8-3-5-19(16,17)7-8/h8H,2-7H2,1H3,(H,13,14,15). The second-order valence-electron chi connectivity index (χ2n) is 5.01. The average molecular weight is 283 g/mol. The van der Waals surface area contributed by atoms with Crippen LogP contribution in [0.5, 0.6) is 0 Å². The number of nitrogens with zero attached hydrogens (tertiary/aromatic N) is 2. The van der Waals surface area contributed by atoms with Gasteiger partial charge in [0.15, 0.2) is 9.84 Å². The lowest BCUT2D eigenvalue weighted by atomic mass is 10.1. The Bertz CT molecular complexity index is 583. The third-order valence-electron chi connectivity index (χ3n) is 3.67. The van der Waals surface area contributed by atoms with Crippen molar-refractivity contribution in [1.29, 1.82) is 0 Å². The molecule has 1 N–H and O–H groups in total. The molecule has 0 saturated carbocycles. The number of hydrogen-bond donors (Lipinski definition) is 1. The first kappa shape index (κ1) is 12.8. The number of rotatable bonds is 2. The van der Waals surface area contributed by atoms with Gasteiger partial charge in [-0.1, -0.05) is 0 Å². The molecular formula is C12H17N3O3S. The van der Waals surface area contributed by atoms with Crippen LogP contribution in [0.1, 0.15) is 29.4 Å². The number of aromatic nitrogens is 2. The molecule has 6 nitrogen and oxygen atoms in total. The Balaban J connectivity index is 1.99. The van der Waals surface area contributed by atoms with Crippen molar-refractivity contribution in [3.63, 3.8) is 0 Å². The molecule has 1 saturated heterocycles. The molecule has 0 spiro atoms. The molecule has 7 heteroatoms. The lowest BCUT2D eigenvalue weighted by Gasteiger charge is -2.20. The van der Waals surface area contributed by atoms with Crippen molar-refractivity contribution < 1.29 is 13.2 Å². The highest BCUT2D eigenvalue weighted by atomic mass is 32.2. The number of anilines is 1. The fourth-order valence-electron chi connectivity index (χ4n) is 2.64. The molecule has 1 aromatic heterocycles. The summed E-state index contributed by atoms with van der Waals surface area (Å²) in [6.45, 7) is 1.18. The van der Waals surface area contributed by atoms with Gasteiger partial charge in [0.05, 0.1) is 30.4 Å². The largest absolute Gasteiger partial charge is 0.376 e. The first-order chi connectivity index (χ1) is 9.09. The summed E-state index contributed by atoms with van der Waals surface area (Å²) in [7, 11) is -1.10. The minimum Gasteiger partial charge on any atom is -0.376 e. The van der Waals surface area contributed by atoms with Gasteiger partial charge in [0.25, 0.3) is 0 Å². The van der Waals surface area contributed by atoms with Crippen LogP contribution in [0.2, 0.25) is 0 Å². The number of nitrogens with one attached hydrogen (secondary N) is 1. The minimum absolute atomic E-state index is 0.0646. The Kier molecular flexibility index (Phi) is 3.18. The molecule has 104 valence electrons. The molecule has 2 aliphatic heterocycles. The van der Waals surface area contributed by atoms with Crippen LogP contribution in [0.25, 0.3) is 0 Å². The zero-order valence-corrected chi connectivity index (χ0v) is 11.7. The third-order valence-corrected chi connectivity index (χ3v) is 5.44. The summed E-state index contributed by atoms with van der Waals surface area (Å²) >= 11 is 0. The van der Waals surface area contributed by atoms with Gasteiger partial charge in [0.2, 0.25) is 0 Å². The number of ether oxygens (including phenoxy) is 1. The van der Waals surface area contributed by atoms with Gasteiger partial charge in [-0.25, -0.2) is 18.4 Å². The van der Waals surface area contributed by atoms with E-state index < -0.39 is 9.84 Å². The van der Waals surface area contributed by atoms with Gasteiger partial charge in [-0.15, -0.1) is 0 Å². The number of fused-ring (bicyclic) bond motifs is 1. The number of hydrogen-bond acceptors (Lipinski definition) is 6. The van der Waals surface area contributed by atoms with Crippen LogP contribution in [0.4, 0.5) is 5.82 Å². The molecule has 1 aromatic rings. The highest BCUT2D eigenvalue weighted by Gasteiger charge is 2.32. The molecule has 1 fully saturated rings. The van der Waals surface area contributed by atoms with Gasteiger partial charge in [-0.2, -0.15) is 0 Å². The Morgan fingerprint density at radius 1 is 1.37 bits per heavy atom. The van der Waals surface area contributed by atoms with Crippen LogP contribution >= 0.6 is 0 Å². The molecular weight excluding hydrogens is 266 g/mol. The molecule has 3 rings (SSSR count). The quantitative estimate of drug-likeness (QED) is 0.851. The molecule has 0 aromatic carbocycles. The van der Waals surface area contributed by atoms with E-state index in [0.717, 1.165) is 23.5 Å². The van der Waals surface area contributed by atoms with Gasteiger partial charge in [-0.3, -0.25) is 0 Å². The maximum absolute atomic E-state index is 11.6. The van der Waals surface area contributed by atoms with E-state index in [2.05, 4.69) is 15.3 Å². The smallest absolute Gasteiger partial charge is 0.151 e. The van der Waals surface area contributed by atoms with Gasteiger partial charge < -0.3 is 10.1 Å². The Morgan fingerprint density at radius 3 is 2.89 bits per heavy atom. The Hall–Kier alpha value is -1.21. The van der Waals surface area contributed by atoms with Gasteiger partial charge in [-0.05, 0) is 6.42 Å². The predicted octanol–water partition coefficient (Wildman–Crippen LogP) is 0.493. The Morgan fingerprint density at radius 2 is 2.21 bits per heavy atom. The fourth-order valence-corrected chi connectivity index (χ4v) is 4.38. The van der Waals surface area contributed by atoms with E-state index in [-0.39, 0.29) is 17.4 Å². The second kappa shape index (κ2) is 4.72. The molecule has 0 amide bonds. The zero-order valence-electron chi connectivity index (χ0n) is 10.8. The van der Waals surface area contributed by atoms with E-state index >= 15 is 0 Å². The van der Waals surface area contributed by atoms with Crippen LogP contribution in [0.15, 0.2) is 0 Å². The van der Waals surface area contributed by atoms with Crippen LogP contribution in [-0.2, 0) is 27.6 Å². The lowest BCUT2D eigenvalue weighted by Crippen LogP contribution is -2.18. The van der Waals surface area contributed by atoms with E-state index in [0.29, 0.717) is 25.5 Å². The molecule has 0 bridgehead atoms. The summed E-state index contributed by atoms with van der Waals surface area (Å²) in [5.74, 6) is 1.78. The third kappa shape index (κ3) is 2.44. The summed E-state index contributed by atoms with van der Waals surface area (Å²) in [5.41, 5.74) is 1.99. The van der Waals surface area contributed by atoms with Crippen molar-refractivity contribution >= 4 is 15.7 Å². The van der Waals surface area contributed by atoms with E-state index in [1.165, 1.54) is 0 Å². The maximum atomic E-state index is 11.6. The normalized spacial score (nSPS) is 25.0. The van der Waals surface area contributed by atoms with E-state index in [4.69, 9.17) is 4.74 Å². The van der Waals surface area contributed by atoms with Crippen molar-refractivity contribution in [1.82, 2.24) is 9.97 Å². The molecule has 1 unspecified atom stereocenters. The zero-order chi connectivity index (χ0) is 13.5. The molecule has 1 atom stereocenters. The molecule has 3 heterocycles. The van der Waals surface area contributed by atoms with Crippen LogP contribution in [0.3, 0.4) is 0 Å². The van der Waals surface area contributed by atoms with Crippen LogP contribution in [-0.4, -0.2) is 43.5 Å². The summed E-state index contributed by atoms with van der Waals surface area (Å²) in [6.07, 6.45) is 1.39. The second-order valence-corrected chi connectivity index (χ2v) is 7.24. The highest BCUT2D eigenvalue weighted by Crippen LogP contribution is 2.30. The van der Waals surface area contributed by atoms with E-state index in [9.17, 15) is 8.42 Å². The first-order valence-electron chi connectivity index (χ1n) is 6.44.